The lowest BCUT2D eigenvalue weighted by Crippen LogP contribution is -2.27. The van der Waals surface area contributed by atoms with Gasteiger partial charge >= 0.3 is 0 Å². The highest BCUT2D eigenvalue weighted by Crippen LogP contribution is 2.29. The smallest absolute Gasteiger partial charge is 0.269 e. The molecule has 0 unspecified atom stereocenters. The minimum absolute atomic E-state index is 0.0908. The Morgan fingerprint density at radius 3 is 2.91 bits per heavy atom. The van der Waals surface area contributed by atoms with Crippen molar-refractivity contribution in [2.45, 2.75) is 13.3 Å². The van der Waals surface area contributed by atoms with Gasteiger partial charge in [-0.2, -0.15) is 5.10 Å². The third-order valence-electron chi connectivity index (χ3n) is 3.24. The maximum Gasteiger partial charge on any atom is 0.269 e. The van der Waals surface area contributed by atoms with Crippen molar-refractivity contribution < 1.29 is 4.79 Å². The van der Waals surface area contributed by atoms with Gasteiger partial charge in [0.15, 0.2) is 0 Å². The average molecular weight is 332 g/mol. The van der Waals surface area contributed by atoms with Gasteiger partial charge in [-0.15, -0.1) is 22.7 Å². The van der Waals surface area contributed by atoms with Crippen molar-refractivity contribution in [1.82, 2.24) is 20.1 Å². The molecule has 7 heteroatoms. The van der Waals surface area contributed by atoms with Crippen LogP contribution in [0.2, 0.25) is 0 Å². The highest BCUT2D eigenvalue weighted by atomic mass is 32.1. The topological polar surface area (TPSA) is 59.8 Å². The predicted molar refractivity (Wildman–Crippen MR) is 89.4 cm³/mol. The zero-order valence-electron chi connectivity index (χ0n) is 12.4. The third-order valence-corrected chi connectivity index (χ3v) is 5.18. The molecule has 3 aromatic rings. The van der Waals surface area contributed by atoms with Crippen LogP contribution in [0.1, 0.15) is 20.4 Å². The van der Waals surface area contributed by atoms with Crippen LogP contribution in [0, 0.1) is 6.92 Å². The number of hydrogen-bond acceptors (Lipinski definition) is 5. The first-order chi connectivity index (χ1) is 10.6. The van der Waals surface area contributed by atoms with Crippen molar-refractivity contribution in [2.75, 3.05) is 6.54 Å². The van der Waals surface area contributed by atoms with Gasteiger partial charge in [-0.3, -0.25) is 9.48 Å². The van der Waals surface area contributed by atoms with Crippen molar-refractivity contribution in [1.29, 1.82) is 0 Å². The fourth-order valence-corrected chi connectivity index (χ4v) is 3.77. The Morgan fingerprint density at radius 1 is 1.36 bits per heavy atom. The summed E-state index contributed by atoms with van der Waals surface area (Å²) in [6, 6.07) is 5.91. The first kappa shape index (κ1) is 14.9. The second kappa shape index (κ2) is 6.41. The van der Waals surface area contributed by atoms with Crippen LogP contribution in [0.5, 0.6) is 0 Å². The van der Waals surface area contributed by atoms with Crippen LogP contribution >= 0.6 is 22.7 Å². The number of aryl methyl sites for hydroxylation is 2. The summed E-state index contributed by atoms with van der Waals surface area (Å²) < 4.78 is 1.57. The van der Waals surface area contributed by atoms with Gasteiger partial charge in [0.1, 0.15) is 5.69 Å². The molecule has 5 nitrogen and oxygen atoms in total. The van der Waals surface area contributed by atoms with E-state index in [9.17, 15) is 4.79 Å². The van der Waals surface area contributed by atoms with Gasteiger partial charge in [0.05, 0.1) is 15.6 Å². The number of amides is 1. The Kier molecular flexibility index (Phi) is 4.35. The monoisotopic (exact) mass is 332 g/mol. The minimum atomic E-state index is -0.0908. The van der Waals surface area contributed by atoms with Gasteiger partial charge in [-0.25, -0.2) is 4.98 Å². The lowest BCUT2D eigenvalue weighted by Gasteiger charge is -2.04. The first-order valence-electron chi connectivity index (χ1n) is 6.91. The second-order valence-corrected chi connectivity index (χ2v) is 7.09. The second-order valence-electron chi connectivity index (χ2n) is 4.86. The molecule has 0 aliphatic carbocycles. The van der Waals surface area contributed by atoms with Crippen molar-refractivity contribution in [3.05, 3.63) is 45.4 Å². The maximum atomic E-state index is 12.0. The Morgan fingerprint density at radius 2 is 2.23 bits per heavy atom. The zero-order valence-corrected chi connectivity index (χ0v) is 14.0. The van der Waals surface area contributed by atoms with Crippen molar-refractivity contribution in [3.63, 3.8) is 0 Å². The molecule has 0 fully saturated rings. The third kappa shape index (κ3) is 3.26. The van der Waals surface area contributed by atoms with E-state index in [4.69, 9.17) is 0 Å². The summed E-state index contributed by atoms with van der Waals surface area (Å²) in [5.74, 6) is -0.0908. The molecule has 3 aromatic heterocycles. The van der Waals surface area contributed by atoms with E-state index in [1.54, 1.807) is 46.7 Å². The lowest BCUT2D eigenvalue weighted by atomic mass is 10.3. The Bertz CT molecular complexity index is 787. The largest absolute Gasteiger partial charge is 0.350 e. The molecule has 0 bridgehead atoms. The summed E-state index contributed by atoms with van der Waals surface area (Å²) in [7, 11) is 1.76. The molecule has 114 valence electrons. The number of rotatable bonds is 5. The van der Waals surface area contributed by atoms with Crippen molar-refractivity contribution in [2.24, 2.45) is 7.05 Å². The van der Waals surface area contributed by atoms with Gasteiger partial charge < -0.3 is 5.32 Å². The van der Waals surface area contributed by atoms with Crippen LogP contribution in [0.25, 0.3) is 10.6 Å². The standard InChI is InChI=1S/C15H16N4OS2/c1-10-18-12(9-21-10)14-4-3-11(22-14)5-7-16-15(20)13-6-8-17-19(13)2/h3-4,6,8-9H,5,7H2,1-2H3,(H,16,20). The summed E-state index contributed by atoms with van der Waals surface area (Å²) in [6.45, 7) is 2.62. The van der Waals surface area contributed by atoms with E-state index < -0.39 is 0 Å². The molecule has 0 radical (unpaired) electrons. The van der Waals surface area contributed by atoms with Gasteiger partial charge in [-0.1, -0.05) is 0 Å². The van der Waals surface area contributed by atoms with Crippen LogP contribution in [0.15, 0.2) is 29.8 Å². The predicted octanol–water partition coefficient (Wildman–Crippen LogP) is 2.89. The highest BCUT2D eigenvalue weighted by molar-refractivity contribution is 7.16. The van der Waals surface area contributed by atoms with E-state index in [1.165, 1.54) is 9.75 Å². The average Bonchev–Trinajstić information content (AvgIpc) is 3.19. The number of carbonyl (C=O) groups is 1. The molecule has 0 aliphatic heterocycles. The molecule has 1 amide bonds. The molecule has 0 saturated carbocycles. The lowest BCUT2D eigenvalue weighted by molar-refractivity contribution is 0.0945. The SMILES string of the molecule is Cc1nc(-c2ccc(CCNC(=O)c3ccnn3C)s2)cs1. The zero-order chi connectivity index (χ0) is 15.5. The van der Waals surface area contributed by atoms with E-state index in [1.807, 2.05) is 6.92 Å². The summed E-state index contributed by atoms with van der Waals surface area (Å²) in [5.41, 5.74) is 1.61. The first-order valence-corrected chi connectivity index (χ1v) is 8.60. The molecule has 0 aliphatic rings. The molecular formula is C15H16N4OS2. The van der Waals surface area contributed by atoms with Crippen molar-refractivity contribution >= 4 is 28.6 Å². The molecule has 0 spiro atoms. The van der Waals surface area contributed by atoms with Crippen molar-refractivity contribution in [3.8, 4) is 10.6 Å². The quantitative estimate of drug-likeness (QED) is 0.781. The van der Waals surface area contributed by atoms with Gasteiger partial charge in [0, 0.05) is 30.0 Å². The van der Waals surface area contributed by atoms with E-state index in [0.29, 0.717) is 12.2 Å². The summed E-state index contributed by atoms with van der Waals surface area (Å²) in [4.78, 5) is 18.9. The van der Waals surface area contributed by atoms with Crippen LogP contribution in [0.3, 0.4) is 0 Å². The van der Waals surface area contributed by atoms with E-state index in [-0.39, 0.29) is 5.91 Å². The summed E-state index contributed by atoms with van der Waals surface area (Å²) in [6.07, 6.45) is 2.44. The van der Waals surface area contributed by atoms with E-state index in [0.717, 1.165) is 17.1 Å². The van der Waals surface area contributed by atoms with Crippen LogP contribution < -0.4 is 5.32 Å². The summed E-state index contributed by atoms with van der Waals surface area (Å²) >= 11 is 3.39. The molecule has 0 atom stereocenters. The summed E-state index contributed by atoms with van der Waals surface area (Å²) in [5, 5.41) is 10.1. The molecule has 3 heterocycles. The number of hydrogen-bond donors (Lipinski definition) is 1. The Balaban J connectivity index is 1.55. The molecular weight excluding hydrogens is 316 g/mol. The fourth-order valence-electron chi connectivity index (χ4n) is 2.11. The number of thiazole rings is 1. The highest BCUT2D eigenvalue weighted by Gasteiger charge is 2.10. The molecule has 0 aromatic carbocycles. The molecule has 1 N–H and O–H groups in total. The minimum Gasteiger partial charge on any atom is -0.350 e. The number of aromatic nitrogens is 3. The van der Waals surface area contributed by atoms with Crippen LogP contribution in [-0.4, -0.2) is 27.2 Å². The Hall–Kier alpha value is -1.99. The van der Waals surface area contributed by atoms with E-state index >= 15 is 0 Å². The van der Waals surface area contributed by atoms with Crippen LogP contribution in [0.4, 0.5) is 0 Å². The fraction of sp³-hybridized carbons (Fsp3) is 0.267. The normalized spacial score (nSPS) is 10.8. The molecule has 3 rings (SSSR count). The Labute approximate surface area is 136 Å². The number of carbonyl (C=O) groups excluding carboxylic acids is 1. The van der Waals surface area contributed by atoms with Gasteiger partial charge in [-0.05, 0) is 31.5 Å². The maximum absolute atomic E-state index is 12.0. The molecule has 22 heavy (non-hydrogen) atoms. The van der Waals surface area contributed by atoms with E-state index in [2.05, 4.69) is 32.9 Å². The molecule has 0 saturated heterocycles. The number of nitrogens with one attached hydrogen (secondary N) is 1. The van der Waals surface area contributed by atoms with Gasteiger partial charge in [0.2, 0.25) is 0 Å². The number of thiophene rings is 1. The van der Waals surface area contributed by atoms with Crippen LogP contribution in [-0.2, 0) is 13.5 Å². The number of nitrogens with zero attached hydrogens (tertiary/aromatic N) is 3. The van der Waals surface area contributed by atoms with Gasteiger partial charge in [0.25, 0.3) is 5.91 Å².